The number of carbonyl (C=O) groups excluding carboxylic acids is 1. The van der Waals surface area contributed by atoms with Crippen LogP contribution in [0, 0.1) is 5.82 Å². The molecule has 5 nitrogen and oxygen atoms in total. The maximum atomic E-state index is 14.8. The predicted octanol–water partition coefficient (Wildman–Crippen LogP) is 6.69. The molecule has 0 aromatic heterocycles. The lowest BCUT2D eigenvalue weighted by molar-refractivity contribution is -0.113. The van der Waals surface area contributed by atoms with Crippen molar-refractivity contribution in [3.63, 3.8) is 0 Å². The van der Waals surface area contributed by atoms with Crippen molar-refractivity contribution in [2.24, 2.45) is 4.99 Å². The molecular formula is C30H32FN3O2. The average Bonchev–Trinajstić information content (AvgIpc) is 3.20. The number of anilines is 2. The van der Waals surface area contributed by atoms with Gasteiger partial charge in [-0.3, -0.25) is 9.69 Å². The SMILES string of the molecule is CCCCCCOc1ccc(N2C(=O)/C(=C\c3ccc(N(C)C)cc3)N=C2c2ccccc2F)cc1. The first-order valence-corrected chi connectivity index (χ1v) is 12.4. The van der Waals surface area contributed by atoms with Crippen molar-refractivity contribution in [3.05, 3.63) is 95.4 Å². The second-order valence-electron chi connectivity index (χ2n) is 8.97. The van der Waals surface area contributed by atoms with Gasteiger partial charge in [-0.25, -0.2) is 9.38 Å². The Bertz CT molecular complexity index is 1250. The van der Waals surface area contributed by atoms with Gasteiger partial charge < -0.3 is 9.64 Å². The molecular weight excluding hydrogens is 453 g/mol. The van der Waals surface area contributed by atoms with Gasteiger partial charge in [-0.2, -0.15) is 0 Å². The third kappa shape index (κ3) is 5.82. The zero-order chi connectivity index (χ0) is 25.5. The van der Waals surface area contributed by atoms with Gasteiger partial charge in [0, 0.05) is 19.8 Å². The minimum absolute atomic E-state index is 0.252. The van der Waals surface area contributed by atoms with Gasteiger partial charge in [0.1, 0.15) is 17.3 Å². The Labute approximate surface area is 212 Å². The first-order valence-electron chi connectivity index (χ1n) is 12.4. The molecule has 36 heavy (non-hydrogen) atoms. The summed E-state index contributed by atoms with van der Waals surface area (Å²) in [6.07, 6.45) is 6.27. The molecule has 0 fully saturated rings. The topological polar surface area (TPSA) is 45.1 Å². The second-order valence-corrected chi connectivity index (χ2v) is 8.97. The summed E-state index contributed by atoms with van der Waals surface area (Å²) >= 11 is 0. The highest BCUT2D eigenvalue weighted by molar-refractivity contribution is 6.33. The van der Waals surface area contributed by atoms with E-state index in [0.29, 0.717) is 12.3 Å². The van der Waals surface area contributed by atoms with Gasteiger partial charge in [-0.15, -0.1) is 0 Å². The van der Waals surface area contributed by atoms with Gasteiger partial charge in [0.05, 0.1) is 17.9 Å². The Morgan fingerprint density at radius 3 is 2.33 bits per heavy atom. The molecule has 0 N–H and O–H groups in total. The molecule has 0 saturated carbocycles. The molecule has 0 saturated heterocycles. The van der Waals surface area contributed by atoms with Crippen LogP contribution in [0.1, 0.15) is 43.7 Å². The lowest BCUT2D eigenvalue weighted by Gasteiger charge is -2.19. The van der Waals surface area contributed by atoms with Crippen molar-refractivity contribution in [2.75, 3.05) is 30.5 Å². The Morgan fingerprint density at radius 1 is 0.944 bits per heavy atom. The van der Waals surface area contributed by atoms with Crippen molar-refractivity contribution in [1.82, 2.24) is 0 Å². The summed E-state index contributed by atoms with van der Waals surface area (Å²) in [6, 6.07) is 21.5. The lowest BCUT2D eigenvalue weighted by Crippen LogP contribution is -2.33. The Balaban J connectivity index is 1.62. The van der Waals surface area contributed by atoms with Crippen molar-refractivity contribution in [1.29, 1.82) is 0 Å². The molecule has 0 unspecified atom stereocenters. The number of hydrogen-bond donors (Lipinski definition) is 0. The number of aliphatic imine (C=N–C) groups is 1. The molecule has 1 amide bonds. The molecule has 1 aliphatic heterocycles. The quantitative estimate of drug-likeness (QED) is 0.238. The molecule has 0 radical (unpaired) electrons. The van der Waals surface area contributed by atoms with Crippen LogP contribution in [0.25, 0.3) is 6.08 Å². The van der Waals surface area contributed by atoms with Crippen molar-refractivity contribution >= 4 is 29.2 Å². The summed E-state index contributed by atoms with van der Waals surface area (Å²) in [5.74, 6) is 0.265. The fourth-order valence-corrected chi connectivity index (χ4v) is 4.02. The highest BCUT2D eigenvalue weighted by Gasteiger charge is 2.33. The fourth-order valence-electron chi connectivity index (χ4n) is 4.02. The maximum Gasteiger partial charge on any atom is 0.282 e. The lowest BCUT2D eigenvalue weighted by atomic mass is 10.1. The van der Waals surface area contributed by atoms with Gasteiger partial charge in [0.15, 0.2) is 5.84 Å². The summed E-state index contributed by atoms with van der Waals surface area (Å²) in [7, 11) is 3.94. The summed E-state index contributed by atoms with van der Waals surface area (Å²) in [5, 5.41) is 0. The van der Waals surface area contributed by atoms with E-state index in [2.05, 4.69) is 11.9 Å². The van der Waals surface area contributed by atoms with Crippen LogP contribution in [-0.2, 0) is 4.79 Å². The molecule has 186 valence electrons. The van der Waals surface area contributed by atoms with E-state index in [9.17, 15) is 9.18 Å². The van der Waals surface area contributed by atoms with Crippen LogP contribution >= 0.6 is 0 Å². The molecule has 6 heteroatoms. The number of benzene rings is 3. The van der Waals surface area contributed by atoms with E-state index in [1.807, 2.05) is 67.5 Å². The van der Waals surface area contributed by atoms with E-state index >= 15 is 0 Å². The van der Waals surface area contributed by atoms with Crippen molar-refractivity contribution in [2.45, 2.75) is 32.6 Å². The van der Waals surface area contributed by atoms with E-state index in [0.717, 1.165) is 29.8 Å². The van der Waals surface area contributed by atoms with E-state index in [4.69, 9.17) is 4.74 Å². The normalized spacial score (nSPS) is 14.3. The predicted molar refractivity (Wildman–Crippen MR) is 145 cm³/mol. The van der Waals surface area contributed by atoms with E-state index in [1.165, 1.54) is 23.8 Å². The molecule has 3 aromatic carbocycles. The first kappa shape index (κ1) is 25.2. The van der Waals surface area contributed by atoms with Gasteiger partial charge in [0.2, 0.25) is 0 Å². The van der Waals surface area contributed by atoms with E-state index in [-0.39, 0.29) is 23.0 Å². The van der Waals surface area contributed by atoms with Crippen LogP contribution in [0.3, 0.4) is 0 Å². The monoisotopic (exact) mass is 485 g/mol. The number of amides is 1. The third-order valence-electron chi connectivity index (χ3n) is 6.05. The number of hydrogen-bond acceptors (Lipinski definition) is 4. The zero-order valence-electron chi connectivity index (χ0n) is 21.1. The van der Waals surface area contributed by atoms with Crippen LogP contribution < -0.4 is 14.5 Å². The van der Waals surface area contributed by atoms with Crippen LogP contribution in [0.15, 0.2) is 83.5 Å². The summed E-state index contributed by atoms with van der Waals surface area (Å²) < 4.78 is 20.6. The number of rotatable bonds is 10. The number of carbonyl (C=O) groups is 1. The molecule has 0 atom stereocenters. The van der Waals surface area contributed by atoms with Gasteiger partial charge >= 0.3 is 0 Å². The van der Waals surface area contributed by atoms with Crippen LogP contribution in [0.5, 0.6) is 5.75 Å². The summed E-state index contributed by atoms with van der Waals surface area (Å²) in [6.45, 7) is 2.84. The minimum Gasteiger partial charge on any atom is -0.494 e. The van der Waals surface area contributed by atoms with Gasteiger partial charge in [-0.1, -0.05) is 50.5 Å². The molecule has 1 heterocycles. The van der Waals surface area contributed by atoms with Gasteiger partial charge in [-0.05, 0) is 66.6 Å². The van der Waals surface area contributed by atoms with Crippen LogP contribution in [-0.4, -0.2) is 32.4 Å². The molecule has 0 spiro atoms. The number of amidine groups is 1. The van der Waals surface area contributed by atoms with E-state index < -0.39 is 5.82 Å². The van der Waals surface area contributed by atoms with Gasteiger partial charge in [0.25, 0.3) is 5.91 Å². The smallest absolute Gasteiger partial charge is 0.282 e. The maximum absolute atomic E-state index is 14.8. The molecule has 0 aliphatic carbocycles. The number of ether oxygens (including phenoxy) is 1. The summed E-state index contributed by atoms with van der Waals surface area (Å²) in [4.78, 5) is 21.6. The number of unbranched alkanes of at least 4 members (excludes halogenated alkanes) is 3. The number of nitrogens with zero attached hydrogens (tertiary/aromatic N) is 3. The zero-order valence-corrected chi connectivity index (χ0v) is 21.1. The van der Waals surface area contributed by atoms with Crippen LogP contribution in [0.2, 0.25) is 0 Å². The highest BCUT2D eigenvalue weighted by atomic mass is 19.1. The minimum atomic E-state index is -0.433. The van der Waals surface area contributed by atoms with Crippen molar-refractivity contribution in [3.8, 4) is 5.75 Å². The number of halogens is 1. The molecule has 4 rings (SSSR count). The highest BCUT2D eigenvalue weighted by Crippen LogP contribution is 2.30. The largest absolute Gasteiger partial charge is 0.494 e. The Morgan fingerprint density at radius 2 is 1.67 bits per heavy atom. The second kappa shape index (κ2) is 11.7. The van der Waals surface area contributed by atoms with E-state index in [1.54, 1.807) is 24.3 Å². The third-order valence-corrected chi connectivity index (χ3v) is 6.05. The molecule has 1 aliphatic rings. The Hall–Kier alpha value is -3.93. The van der Waals surface area contributed by atoms with Crippen molar-refractivity contribution < 1.29 is 13.9 Å². The average molecular weight is 486 g/mol. The van der Waals surface area contributed by atoms with Crippen LogP contribution in [0.4, 0.5) is 15.8 Å². The molecule has 3 aromatic rings. The summed E-state index contributed by atoms with van der Waals surface area (Å²) in [5.41, 5.74) is 3.02. The molecule has 0 bridgehead atoms. The first-order chi connectivity index (χ1) is 17.5. The standard InChI is InChI=1S/C30H32FN3O2/c1-4-5-6-9-20-36-25-18-16-24(17-19-25)34-29(26-10-7-8-11-27(26)31)32-28(30(34)35)21-22-12-14-23(15-13-22)33(2)3/h7-8,10-19,21H,4-6,9,20H2,1-3H3/b28-21+. The fraction of sp³-hybridized carbons (Fsp3) is 0.267. The Kier molecular flexibility index (Phi) is 8.16.